The molecule has 1 N–H and O–H groups in total. The van der Waals surface area contributed by atoms with E-state index in [4.69, 9.17) is 19.3 Å². The van der Waals surface area contributed by atoms with E-state index in [1.807, 2.05) is 26.8 Å². The molecule has 13 heteroatoms. The van der Waals surface area contributed by atoms with E-state index >= 15 is 0 Å². The number of anilines is 1. The zero-order chi connectivity index (χ0) is 28.3. The average molecular weight is 541 g/mol. The van der Waals surface area contributed by atoms with Gasteiger partial charge in [0.1, 0.15) is 23.4 Å². The summed E-state index contributed by atoms with van der Waals surface area (Å²) in [6.07, 6.45) is 0.679. The summed E-state index contributed by atoms with van der Waals surface area (Å²) in [5.41, 5.74) is 1.33. The zero-order valence-corrected chi connectivity index (χ0v) is 22.5. The van der Waals surface area contributed by atoms with Crippen molar-refractivity contribution < 1.29 is 28.7 Å². The first-order valence-electron chi connectivity index (χ1n) is 12.5. The molecule has 4 rings (SSSR count). The van der Waals surface area contributed by atoms with Crippen LogP contribution in [-0.4, -0.2) is 49.8 Å². The fourth-order valence-electron chi connectivity index (χ4n) is 4.55. The van der Waals surface area contributed by atoms with Gasteiger partial charge < -0.3 is 19.5 Å². The largest absolute Gasteiger partial charge is 0.514 e. The summed E-state index contributed by atoms with van der Waals surface area (Å²) in [4.78, 5) is 35.6. The third-order valence-corrected chi connectivity index (χ3v) is 6.37. The molecule has 39 heavy (non-hydrogen) atoms. The highest BCUT2D eigenvalue weighted by atomic mass is 16.7. The van der Waals surface area contributed by atoms with Crippen LogP contribution in [-0.2, 0) is 28.7 Å². The summed E-state index contributed by atoms with van der Waals surface area (Å²) in [6, 6.07) is 8.74. The predicted octanol–water partition coefficient (Wildman–Crippen LogP) is 4.53. The highest BCUT2D eigenvalue weighted by Gasteiger charge is 2.33. The van der Waals surface area contributed by atoms with Gasteiger partial charge in [-0.3, -0.25) is 19.6 Å². The molecule has 1 aliphatic carbocycles. The minimum atomic E-state index is -0.869. The molecule has 1 amide bonds. The molecule has 0 saturated heterocycles. The van der Waals surface area contributed by atoms with Crippen molar-refractivity contribution in [2.24, 2.45) is 7.05 Å². The highest BCUT2D eigenvalue weighted by molar-refractivity contribution is 6.02. The number of hydrogen-bond donors (Lipinski definition) is 1. The Morgan fingerprint density at radius 3 is 2.51 bits per heavy atom. The van der Waals surface area contributed by atoms with E-state index in [-0.39, 0.29) is 29.4 Å². The third kappa shape index (κ3) is 6.60. The zero-order valence-electron chi connectivity index (χ0n) is 22.5. The Morgan fingerprint density at radius 2 is 1.87 bits per heavy atom. The van der Waals surface area contributed by atoms with Gasteiger partial charge in [0.2, 0.25) is 0 Å². The molecule has 13 nitrogen and oxygen atoms in total. The number of benzene rings is 1. The lowest BCUT2D eigenvalue weighted by atomic mass is 10.0. The standard InChI is InChI=1S/C26H32N6O7/c1-26(2,3)31-23(27-24(33)22-13-17(15-37-5)28-30(22)4)14-21(29-31)16-6-9-20(12-16)39-25(34)38-19-10-7-18(8-11-19)32(35)36/h7-8,10-11,13-14,16,20H,6,9,12,15H2,1-5H3,(H,27,33). The first kappa shape index (κ1) is 27.8. The lowest BCUT2D eigenvalue weighted by molar-refractivity contribution is -0.384. The Hall–Kier alpha value is -4.26. The Labute approximate surface area is 225 Å². The SMILES string of the molecule is COCc1cc(C(=O)Nc2cc(C3CCC(OC(=O)Oc4ccc([N+](=O)[O-])cc4)C3)nn2C(C)(C)C)n(C)n1. The Bertz CT molecular complexity index is 1360. The van der Waals surface area contributed by atoms with E-state index in [1.54, 1.807) is 24.9 Å². The number of methoxy groups -OCH3 is 1. The molecule has 208 valence electrons. The number of ether oxygens (including phenoxy) is 3. The van der Waals surface area contributed by atoms with Crippen molar-refractivity contribution in [1.82, 2.24) is 19.6 Å². The molecule has 0 spiro atoms. The number of carbonyl (C=O) groups excluding carboxylic acids is 2. The lowest BCUT2D eigenvalue weighted by Gasteiger charge is -2.22. The quantitative estimate of drug-likeness (QED) is 0.188. The number of rotatable bonds is 8. The molecule has 2 atom stereocenters. The minimum absolute atomic E-state index is 0.0198. The van der Waals surface area contributed by atoms with Crippen molar-refractivity contribution in [2.45, 2.75) is 64.2 Å². The molecular weight excluding hydrogens is 508 g/mol. The van der Waals surface area contributed by atoms with E-state index in [9.17, 15) is 19.7 Å². The van der Waals surface area contributed by atoms with Crippen LogP contribution >= 0.6 is 0 Å². The molecule has 0 aliphatic heterocycles. The van der Waals surface area contributed by atoms with Gasteiger partial charge in [-0.05, 0) is 58.2 Å². The fraction of sp³-hybridized carbons (Fsp3) is 0.462. The number of non-ortho nitro benzene ring substituents is 1. The third-order valence-electron chi connectivity index (χ3n) is 6.37. The van der Waals surface area contributed by atoms with E-state index in [0.29, 0.717) is 36.7 Å². The highest BCUT2D eigenvalue weighted by Crippen LogP contribution is 2.37. The van der Waals surface area contributed by atoms with Gasteiger partial charge in [0.15, 0.2) is 0 Å². The smallest absolute Gasteiger partial charge is 0.431 e. The average Bonchev–Trinajstić information content (AvgIpc) is 3.58. The Balaban J connectivity index is 1.41. The fourth-order valence-corrected chi connectivity index (χ4v) is 4.55. The van der Waals surface area contributed by atoms with Crippen LogP contribution in [0.15, 0.2) is 36.4 Å². The van der Waals surface area contributed by atoms with E-state index in [1.165, 1.54) is 28.9 Å². The molecule has 2 aromatic heterocycles. The number of nitrogens with zero attached hydrogens (tertiary/aromatic N) is 5. The molecule has 1 aliphatic rings. The summed E-state index contributed by atoms with van der Waals surface area (Å²) in [5, 5.41) is 22.9. The summed E-state index contributed by atoms with van der Waals surface area (Å²) in [5.74, 6) is 0.420. The van der Waals surface area contributed by atoms with Gasteiger partial charge in [0, 0.05) is 38.3 Å². The number of carbonyl (C=O) groups is 2. The first-order valence-corrected chi connectivity index (χ1v) is 12.5. The minimum Gasteiger partial charge on any atom is -0.431 e. The maximum Gasteiger partial charge on any atom is 0.514 e. The first-order chi connectivity index (χ1) is 18.4. The molecule has 1 fully saturated rings. The number of nitrogens with one attached hydrogen (secondary N) is 1. The van der Waals surface area contributed by atoms with Gasteiger partial charge in [0.05, 0.1) is 28.5 Å². The maximum absolute atomic E-state index is 13.1. The molecule has 0 radical (unpaired) electrons. The Morgan fingerprint density at radius 1 is 1.15 bits per heavy atom. The van der Waals surface area contributed by atoms with Crippen LogP contribution < -0.4 is 10.1 Å². The van der Waals surface area contributed by atoms with Gasteiger partial charge in [-0.25, -0.2) is 9.48 Å². The number of nitro benzene ring substituents is 1. The summed E-state index contributed by atoms with van der Waals surface area (Å²) in [6.45, 7) is 6.29. The molecular formula is C26H32N6O7. The second kappa shape index (κ2) is 11.2. The van der Waals surface area contributed by atoms with E-state index < -0.39 is 16.6 Å². The number of amides is 1. The Kier molecular flexibility index (Phi) is 8.00. The van der Waals surface area contributed by atoms with Crippen LogP contribution in [0.5, 0.6) is 5.75 Å². The van der Waals surface area contributed by atoms with Crippen LogP contribution in [0.2, 0.25) is 0 Å². The van der Waals surface area contributed by atoms with Crippen molar-refractivity contribution in [3.05, 3.63) is 63.6 Å². The monoisotopic (exact) mass is 540 g/mol. The topological polar surface area (TPSA) is 153 Å². The van der Waals surface area contributed by atoms with Crippen molar-refractivity contribution >= 4 is 23.6 Å². The van der Waals surface area contributed by atoms with Gasteiger partial charge in [-0.2, -0.15) is 10.2 Å². The molecule has 2 unspecified atom stereocenters. The van der Waals surface area contributed by atoms with Crippen LogP contribution in [0.1, 0.15) is 67.8 Å². The van der Waals surface area contributed by atoms with Crippen LogP contribution in [0, 0.1) is 10.1 Å². The normalized spacial score (nSPS) is 17.2. The second-order valence-corrected chi connectivity index (χ2v) is 10.4. The van der Waals surface area contributed by atoms with Crippen molar-refractivity contribution in [3.63, 3.8) is 0 Å². The summed E-state index contributed by atoms with van der Waals surface area (Å²) >= 11 is 0. The van der Waals surface area contributed by atoms with Crippen molar-refractivity contribution in [2.75, 3.05) is 12.4 Å². The molecule has 0 bridgehead atoms. The second-order valence-electron chi connectivity index (χ2n) is 10.4. The molecule has 1 aromatic carbocycles. The summed E-state index contributed by atoms with van der Waals surface area (Å²) < 4.78 is 19.1. The van der Waals surface area contributed by atoms with Crippen LogP contribution in [0.3, 0.4) is 0 Å². The maximum atomic E-state index is 13.1. The van der Waals surface area contributed by atoms with Gasteiger partial charge in [-0.15, -0.1) is 0 Å². The van der Waals surface area contributed by atoms with Gasteiger partial charge >= 0.3 is 6.16 Å². The predicted molar refractivity (Wildman–Crippen MR) is 140 cm³/mol. The molecule has 2 heterocycles. The van der Waals surface area contributed by atoms with Gasteiger partial charge in [-0.1, -0.05) is 0 Å². The molecule has 1 saturated carbocycles. The van der Waals surface area contributed by atoms with E-state index in [0.717, 1.165) is 12.1 Å². The number of hydrogen-bond acceptors (Lipinski definition) is 9. The van der Waals surface area contributed by atoms with Crippen molar-refractivity contribution in [3.8, 4) is 5.75 Å². The van der Waals surface area contributed by atoms with E-state index in [2.05, 4.69) is 10.4 Å². The van der Waals surface area contributed by atoms with Crippen LogP contribution in [0.4, 0.5) is 16.3 Å². The number of aromatic nitrogens is 4. The molecule has 3 aromatic rings. The van der Waals surface area contributed by atoms with Gasteiger partial charge in [0.25, 0.3) is 11.6 Å². The number of aryl methyl sites for hydroxylation is 1. The van der Waals surface area contributed by atoms with Crippen LogP contribution in [0.25, 0.3) is 0 Å². The summed E-state index contributed by atoms with van der Waals surface area (Å²) in [7, 11) is 3.27. The lowest BCUT2D eigenvalue weighted by Crippen LogP contribution is -2.27. The van der Waals surface area contributed by atoms with Crippen molar-refractivity contribution in [1.29, 1.82) is 0 Å². The number of nitro groups is 1.